The molecule has 1 N–H and O–H groups in total. The van der Waals surface area contributed by atoms with Crippen LogP contribution in [0.3, 0.4) is 0 Å². The maximum Gasteiger partial charge on any atom is 0.339 e. The smallest absolute Gasteiger partial charge is 0.339 e. The number of carboxylic acid groups (broad SMARTS) is 1. The quantitative estimate of drug-likeness (QED) is 0.866. The number of carboxylic acids is 1. The average molecular weight is 288 g/mol. The molecule has 4 nitrogen and oxygen atoms in total. The number of pyridine rings is 1. The van der Waals surface area contributed by atoms with Crippen LogP contribution in [0.1, 0.15) is 66.6 Å². The normalized spacial score (nSPS) is 19.1. The van der Waals surface area contributed by atoms with Crippen LogP contribution in [-0.4, -0.2) is 29.1 Å². The van der Waals surface area contributed by atoms with E-state index in [0.29, 0.717) is 17.4 Å². The third kappa shape index (κ3) is 2.89. The van der Waals surface area contributed by atoms with Crippen molar-refractivity contribution in [2.24, 2.45) is 0 Å². The number of anilines is 1. The van der Waals surface area contributed by atoms with Crippen molar-refractivity contribution >= 4 is 11.8 Å². The van der Waals surface area contributed by atoms with Gasteiger partial charge < -0.3 is 10.0 Å². The number of aromatic carboxylic acids is 1. The number of hydrogen-bond donors (Lipinski definition) is 1. The van der Waals surface area contributed by atoms with Crippen molar-refractivity contribution in [3.05, 3.63) is 22.9 Å². The van der Waals surface area contributed by atoms with Crippen LogP contribution in [0, 0.1) is 0 Å². The molecule has 0 saturated heterocycles. The van der Waals surface area contributed by atoms with Gasteiger partial charge >= 0.3 is 5.97 Å². The van der Waals surface area contributed by atoms with Crippen LogP contribution in [0.4, 0.5) is 5.82 Å². The highest BCUT2D eigenvalue weighted by Gasteiger charge is 2.25. The molecule has 1 saturated carbocycles. The highest BCUT2D eigenvalue weighted by molar-refractivity contribution is 5.93. The maximum absolute atomic E-state index is 11.6. The molecule has 0 bridgehead atoms. The van der Waals surface area contributed by atoms with E-state index in [0.717, 1.165) is 43.4 Å². The Labute approximate surface area is 126 Å². The summed E-state index contributed by atoms with van der Waals surface area (Å²) < 4.78 is 0. The second-order valence-corrected chi connectivity index (χ2v) is 6.38. The second kappa shape index (κ2) is 6.04. The number of aryl methyl sites for hydroxylation is 2. The van der Waals surface area contributed by atoms with Gasteiger partial charge in [0, 0.05) is 18.8 Å². The van der Waals surface area contributed by atoms with Crippen molar-refractivity contribution in [3.63, 3.8) is 0 Å². The van der Waals surface area contributed by atoms with Crippen molar-refractivity contribution < 1.29 is 9.90 Å². The fourth-order valence-electron chi connectivity index (χ4n) is 3.71. The summed E-state index contributed by atoms with van der Waals surface area (Å²) in [7, 11) is 2.02. The van der Waals surface area contributed by atoms with E-state index < -0.39 is 5.97 Å². The third-order valence-corrected chi connectivity index (χ3v) is 4.97. The Morgan fingerprint density at radius 3 is 2.57 bits per heavy atom. The van der Waals surface area contributed by atoms with Crippen LogP contribution in [0.5, 0.6) is 0 Å². The van der Waals surface area contributed by atoms with Crippen LogP contribution in [0.25, 0.3) is 0 Å². The van der Waals surface area contributed by atoms with Crippen molar-refractivity contribution in [3.8, 4) is 0 Å². The van der Waals surface area contributed by atoms with Crippen LogP contribution in [0.15, 0.2) is 6.07 Å². The Kier molecular flexibility index (Phi) is 4.13. The van der Waals surface area contributed by atoms with E-state index >= 15 is 0 Å². The Morgan fingerprint density at radius 2 is 1.90 bits per heavy atom. The summed E-state index contributed by atoms with van der Waals surface area (Å²) in [6, 6.07) is 2.29. The lowest BCUT2D eigenvalue weighted by molar-refractivity contribution is 0.0697. The highest BCUT2D eigenvalue weighted by atomic mass is 16.4. The van der Waals surface area contributed by atoms with Gasteiger partial charge in [0.15, 0.2) is 0 Å². The molecule has 114 valence electrons. The summed E-state index contributed by atoms with van der Waals surface area (Å²) in [5.41, 5.74) is 2.61. The molecule has 0 aromatic carbocycles. The molecule has 0 unspecified atom stereocenters. The van der Waals surface area contributed by atoms with Gasteiger partial charge in [-0.05, 0) is 43.7 Å². The van der Waals surface area contributed by atoms with Crippen molar-refractivity contribution in [1.29, 1.82) is 0 Å². The predicted molar refractivity (Wildman–Crippen MR) is 83.1 cm³/mol. The molecule has 0 atom stereocenters. The van der Waals surface area contributed by atoms with Gasteiger partial charge in [-0.3, -0.25) is 0 Å². The number of hydrogen-bond acceptors (Lipinski definition) is 3. The van der Waals surface area contributed by atoms with Gasteiger partial charge in [0.05, 0.1) is 0 Å². The molecule has 0 spiro atoms. The lowest BCUT2D eigenvalue weighted by Gasteiger charge is -2.29. The van der Waals surface area contributed by atoms with E-state index in [1.807, 2.05) is 13.1 Å². The molecule has 3 rings (SSSR count). The lowest BCUT2D eigenvalue weighted by atomic mass is 10.1. The molecular formula is C17H24N2O2. The van der Waals surface area contributed by atoms with Gasteiger partial charge in [-0.25, -0.2) is 9.78 Å². The van der Waals surface area contributed by atoms with E-state index in [2.05, 4.69) is 4.90 Å². The average Bonchev–Trinajstić information content (AvgIpc) is 2.76. The standard InChI is InChI=1S/C17H24N2O2/c1-19(13-8-4-2-3-5-9-13)16-14(17(20)21)11-12-7-6-10-15(12)18-16/h11,13H,2-10H2,1H3,(H,20,21). The molecule has 1 aromatic rings. The summed E-state index contributed by atoms with van der Waals surface area (Å²) >= 11 is 0. The molecule has 0 aliphatic heterocycles. The van der Waals surface area contributed by atoms with Crippen molar-refractivity contribution in [2.75, 3.05) is 11.9 Å². The minimum absolute atomic E-state index is 0.377. The van der Waals surface area contributed by atoms with E-state index in [4.69, 9.17) is 4.98 Å². The van der Waals surface area contributed by atoms with Gasteiger partial charge in [0.25, 0.3) is 0 Å². The van der Waals surface area contributed by atoms with Crippen molar-refractivity contribution in [1.82, 2.24) is 4.98 Å². The van der Waals surface area contributed by atoms with Gasteiger partial charge in [-0.15, -0.1) is 0 Å². The molecular weight excluding hydrogens is 264 g/mol. The van der Waals surface area contributed by atoms with Crippen LogP contribution < -0.4 is 4.90 Å². The molecule has 0 amide bonds. The van der Waals surface area contributed by atoms with E-state index in [9.17, 15) is 9.90 Å². The van der Waals surface area contributed by atoms with Crippen LogP contribution in [0.2, 0.25) is 0 Å². The first-order chi connectivity index (χ1) is 10.2. The largest absolute Gasteiger partial charge is 0.478 e. The second-order valence-electron chi connectivity index (χ2n) is 6.38. The summed E-state index contributed by atoms with van der Waals surface area (Å²) in [6.45, 7) is 0. The predicted octanol–water partition coefficient (Wildman–Crippen LogP) is 3.43. The molecule has 4 heteroatoms. The van der Waals surface area contributed by atoms with Crippen LogP contribution in [-0.2, 0) is 12.8 Å². The Balaban J connectivity index is 1.93. The number of carbonyl (C=O) groups is 1. The van der Waals surface area contributed by atoms with Gasteiger partial charge in [-0.1, -0.05) is 25.7 Å². The molecule has 1 fully saturated rings. The van der Waals surface area contributed by atoms with E-state index in [1.54, 1.807) is 0 Å². The minimum atomic E-state index is -0.854. The first-order valence-electron chi connectivity index (χ1n) is 8.15. The SMILES string of the molecule is CN(c1nc2c(cc1C(=O)O)CCC2)C1CCCCCC1. The monoisotopic (exact) mass is 288 g/mol. The van der Waals surface area contributed by atoms with E-state index in [-0.39, 0.29) is 0 Å². The van der Waals surface area contributed by atoms with E-state index in [1.165, 1.54) is 25.7 Å². The number of fused-ring (bicyclic) bond motifs is 1. The lowest BCUT2D eigenvalue weighted by Crippen LogP contribution is -2.33. The number of aromatic nitrogens is 1. The fourth-order valence-corrected chi connectivity index (χ4v) is 3.71. The molecule has 21 heavy (non-hydrogen) atoms. The van der Waals surface area contributed by atoms with Gasteiger partial charge in [0.1, 0.15) is 11.4 Å². The molecule has 2 aliphatic rings. The zero-order valence-electron chi connectivity index (χ0n) is 12.8. The zero-order chi connectivity index (χ0) is 14.8. The van der Waals surface area contributed by atoms with Crippen LogP contribution >= 0.6 is 0 Å². The summed E-state index contributed by atoms with van der Waals surface area (Å²) in [4.78, 5) is 18.5. The molecule has 2 aliphatic carbocycles. The zero-order valence-corrected chi connectivity index (χ0v) is 12.8. The highest BCUT2D eigenvalue weighted by Crippen LogP contribution is 2.30. The molecule has 1 heterocycles. The number of rotatable bonds is 3. The Morgan fingerprint density at radius 1 is 1.19 bits per heavy atom. The fraction of sp³-hybridized carbons (Fsp3) is 0.647. The summed E-state index contributed by atoms with van der Waals surface area (Å²) in [5.74, 6) is -0.178. The Bertz CT molecular complexity index is 534. The molecule has 1 aromatic heterocycles. The Hall–Kier alpha value is -1.58. The first kappa shape index (κ1) is 14.4. The number of nitrogens with zero attached hydrogens (tertiary/aromatic N) is 2. The molecule has 0 radical (unpaired) electrons. The third-order valence-electron chi connectivity index (χ3n) is 4.97. The first-order valence-corrected chi connectivity index (χ1v) is 8.15. The summed E-state index contributed by atoms with van der Waals surface area (Å²) in [5, 5.41) is 9.53. The maximum atomic E-state index is 11.6. The topological polar surface area (TPSA) is 53.4 Å². The van der Waals surface area contributed by atoms with Crippen molar-refractivity contribution in [2.45, 2.75) is 63.8 Å². The van der Waals surface area contributed by atoms with Gasteiger partial charge in [0.2, 0.25) is 0 Å². The minimum Gasteiger partial charge on any atom is -0.478 e. The van der Waals surface area contributed by atoms with Gasteiger partial charge in [-0.2, -0.15) is 0 Å². The summed E-state index contributed by atoms with van der Waals surface area (Å²) in [6.07, 6.45) is 10.4.